The smallest absolute Gasteiger partial charge is 0.253 e. The molecule has 0 aliphatic heterocycles. The van der Waals surface area contributed by atoms with Crippen LogP contribution in [0.15, 0.2) is 48.7 Å². The molecule has 5 heteroatoms. The molecule has 1 saturated carbocycles. The number of aromatic nitrogens is 3. The van der Waals surface area contributed by atoms with Crippen molar-refractivity contribution in [1.29, 1.82) is 0 Å². The molecule has 1 amide bonds. The van der Waals surface area contributed by atoms with Gasteiger partial charge in [-0.1, -0.05) is 49.6 Å². The first-order valence-corrected chi connectivity index (χ1v) is 9.39. The zero-order valence-electron chi connectivity index (χ0n) is 15.1. The van der Waals surface area contributed by atoms with Gasteiger partial charge in [-0.05, 0) is 43.4 Å². The molecule has 5 nitrogen and oxygen atoms in total. The highest BCUT2D eigenvalue weighted by Gasteiger charge is 2.27. The van der Waals surface area contributed by atoms with Crippen molar-refractivity contribution in [3.8, 4) is 0 Å². The van der Waals surface area contributed by atoms with E-state index in [2.05, 4.69) is 27.6 Å². The van der Waals surface area contributed by atoms with Crippen LogP contribution in [0.2, 0.25) is 0 Å². The Morgan fingerprint density at radius 1 is 1.08 bits per heavy atom. The highest BCUT2D eigenvalue weighted by molar-refractivity contribution is 5.94. The van der Waals surface area contributed by atoms with Crippen molar-refractivity contribution in [1.82, 2.24) is 19.9 Å². The van der Waals surface area contributed by atoms with Gasteiger partial charge in [-0.2, -0.15) is 0 Å². The van der Waals surface area contributed by atoms with E-state index in [9.17, 15) is 4.79 Å². The predicted octanol–water partition coefficient (Wildman–Crippen LogP) is 4.09. The monoisotopic (exact) mass is 348 g/mol. The van der Waals surface area contributed by atoms with Crippen molar-refractivity contribution in [2.24, 2.45) is 5.92 Å². The number of nitrogens with one attached hydrogen (secondary N) is 1. The van der Waals surface area contributed by atoms with Crippen molar-refractivity contribution < 1.29 is 4.79 Å². The van der Waals surface area contributed by atoms with E-state index in [0.717, 1.165) is 11.5 Å². The van der Waals surface area contributed by atoms with Crippen LogP contribution in [0.5, 0.6) is 0 Å². The molecule has 1 aliphatic carbocycles. The van der Waals surface area contributed by atoms with E-state index in [-0.39, 0.29) is 11.9 Å². The maximum absolute atomic E-state index is 13.0. The van der Waals surface area contributed by atoms with Gasteiger partial charge in [0.2, 0.25) is 0 Å². The fourth-order valence-corrected chi connectivity index (χ4v) is 3.97. The molecule has 1 N–H and O–H groups in total. The fourth-order valence-electron chi connectivity index (χ4n) is 3.97. The van der Waals surface area contributed by atoms with Crippen LogP contribution >= 0.6 is 0 Å². The number of benzene rings is 1. The molecule has 134 valence electrons. The quantitative estimate of drug-likeness (QED) is 0.772. The number of aryl methyl sites for hydroxylation is 1. The van der Waals surface area contributed by atoms with Crippen LogP contribution in [0.25, 0.3) is 5.65 Å². The van der Waals surface area contributed by atoms with Gasteiger partial charge >= 0.3 is 0 Å². The first kappa shape index (κ1) is 16.8. The molecule has 1 atom stereocenters. The summed E-state index contributed by atoms with van der Waals surface area (Å²) in [7, 11) is 0. The van der Waals surface area contributed by atoms with E-state index in [1.54, 1.807) is 0 Å². The van der Waals surface area contributed by atoms with E-state index < -0.39 is 0 Å². The molecule has 2 heterocycles. The molecule has 0 bridgehead atoms. The van der Waals surface area contributed by atoms with E-state index in [4.69, 9.17) is 0 Å². The van der Waals surface area contributed by atoms with Crippen LogP contribution in [0.1, 0.15) is 59.9 Å². The van der Waals surface area contributed by atoms with Crippen molar-refractivity contribution in [3.05, 3.63) is 65.6 Å². The number of pyridine rings is 1. The first-order valence-electron chi connectivity index (χ1n) is 9.39. The minimum atomic E-state index is -0.0422. The van der Waals surface area contributed by atoms with Gasteiger partial charge in [0.05, 0.1) is 11.6 Å². The van der Waals surface area contributed by atoms with Gasteiger partial charge in [-0.3, -0.25) is 9.20 Å². The molecule has 1 unspecified atom stereocenters. The number of carbonyl (C=O) groups is 1. The van der Waals surface area contributed by atoms with Crippen molar-refractivity contribution in [2.45, 2.75) is 45.1 Å². The zero-order valence-corrected chi connectivity index (χ0v) is 15.1. The molecule has 0 spiro atoms. The molecule has 1 aromatic carbocycles. The number of carbonyl (C=O) groups excluding carboxylic acids is 1. The lowest BCUT2D eigenvalue weighted by Crippen LogP contribution is -2.34. The minimum Gasteiger partial charge on any atom is -0.345 e. The Morgan fingerprint density at radius 2 is 1.85 bits per heavy atom. The highest BCUT2D eigenvalue weighted by Crippen LogP contribution is 2.34. The number of fused-ring (bicyclic) bond motifs is 1. The summed E-state index contributed by atoms with van der Waals surface area (Å²) >= 11 is 0. The van der Waals surface area contributed by atoms with Gasteiger partial charge in [-0.15, -0.1) is 10.2 Å². The van der Waals surface area contributed by atoms with Crippen molar-refractivity contribution in [2.75, 3.05) is 0 Å². The second-order valence-electron chi connectivity index (χ2n) is 7.15. The molecule has 1 aliphatic rings. The van der Waals surface area contributed by atoms with Crippen LogP contribution in [0.4, 0.5) is 0 Å². The first-order chi connectivity index (χ1) is 12.7. The lowest BCUT2D eigenvalue weighted by atomic mass is 9.81. The third-order valence-electron chi connectivity index (χ3n) is 5.40. The maximum atomic E-state index is 13.0. The molecule has 4 rings (SSSR count). The molecule has 3 aromatic rings. The number of rotatable bonds is 4. The van der Waals surface area contributed by atoms with E-state index in [1.165, 1.54) is 37.7 Å². The summed E-state index contributed by atoms with van der Waals surface area (Å²) in [6.07, 6.45) is 7.96. The Bertz CT molecular complexity index is 897. The highest BCUT2D eigenvalue weighted by atomic mass is 16.1. The molecule has 2 aromatic heterocycles. The Morgan fingerprint density at radius 3 is 2.62 bits per heavy atom. The van der Waals surface area contributed by atoms with E-state index in [0.29, 0.717) is 11.5 Å². The Balaban J connectivity index is 1.61. The molecule has 1 fully saturated rings. The largest absolute Gasteiger partial charge is 0.345 e. The average molecular weight is 348 g/mol. The van der Waals surface area contributed by atoms with Gasteiger partial charge in [0, 0.05) is 6.20 Å². The Hall–Kier alpha value is -2.69. The summed E-state index contributed by atoms with van der Waals surface area (Å²) in [5.74, 6) is 1.23. The van der Waals surface area contributed by atoms with Gasteiger partial charge in [0.1, 0.15) is 5.82 Å². The number of amides is 1. The Labute approximate surface area is 153 Å². The molecule has 0 radical (unpaired) electrons. The van der Waals surface area contributed by atoms with Crippen LogP contribution in [-0.4, -0.2) is 20.5 Å². The van der Waals surface area contributed by atoms with Gasteiger partial charge in [-0.25, -0.2) is 0 Å². The standard InChI is InChI=1S/C21H24N4O/c1-15-23-24-19-13-12-18(14-25(15)19)21(26)22-20(16-8-4-2-5-9-16)17-10-6-3-7-11-17/h2,4-5,8-9,12-14,17,20H,3,6-7,10-11H2,1H3,(H,22,26). The van der Waals surface area contributed by atoms with Gasteiger partial charge in [0.25, 0.3) is 5.91 Å². The SMILES string of the molecule is Cc1nnc2ccc(C(=O)NC(c3ccccc3)C3CCCCC3)cn12. The van der Waals surface area contributed by atoms with Crippen LogP contribution in [0.3, 0.4) is 0 Å². The van der Waals surface area contributed by atoms with E-state index >= 15 is 0 Å². The average Bonchev–Trinajstić information content (AvgIpc) is 3.07. The summed E-state index contributed by atoms with van der Waals surface area (Å²) < 4.78 is 1.85. The molecular weight excluding hydrogens is 324 g/mol. The lowest BCUT2D eigenvalue weighted by molar-refractivity contribution is 0.0912. The summed E-state index contributed by atoms with van der Waals surface area (Å²) in [6, 6.07) is 14.1. The van der Waals surface area contributed by atoms with Crippen molar-refractivity contribution >= 4 is 11.6 Å². The summed E-state index contributed by atoms with van der Waals surface area (Å²) in [5.41, 5.74) is 2.58. The third kappa shape index (κ3) is 3.34. The lowest BCUT2D eigenvalue weighted by Gasteiger charge is -2.31. The molecular formula is C21H24N4O. The molecule has 26 heavy (non-hydrogen) atoms. The minimum absolute atomic E-state index is 0.0422. The maximum Gasteiger partial charge on any atom is 0.253 e. The molecule has 0 saturated heterocycles. The topological polar surface area (TPSA) is 59.3 Å². The predicted molar refractivity (Wildman–Crippen MR) is 101 cm³/mol. The van der Waals surface area contributed by atoms with Gasteiger partial charge in [0.15, 0.2) is 5.65 Å². The second-order valence-corrected chi connectivity index (χ2v) is 7.15. The number of hydrogen-bond acceptors (Lipinski definition) is 3. The third-order valence-corrected chi connectivity index (χ3v) is 5.40. The fraction of sp³-hybridized carbons (Fsp3) is 0.381. The van der Waals surface area contributed by atoms with E-state index in [1.807, 2.05) is 47.9 Å². The zero-order chi connectivity index (χ0) is 17.9. The number of nitrogens with zero attached hydrogens (tertiary/aromatic N) is 3. The van der Waals surface area contributed by atoms with Crippen molar-refractivity contribution in [3.63, 3.8) is 0 Å². The van der Waals surface area contributed by atoms with Crippen LogP contribution in [0, 0.1) is 12.8 Å². The Kier molecular flexibility index (Phi) is 4.69. The van der Waals surface area contributed by atoms with Gasteiger partial charge < -0.3 is 5.32 Å². The summed E-state index contributed by atoms with van der Waals surface area (Å²) in [5, 5.41) is 11.4. The number of hydrogen-bond donors (Lipinski definition) is 1. The normalized spacial score (nSPS) is 16.5. The van der Waals surface area contributed by atoms with Crippen LogP contribution < -0.4 is 5.32 Å². The summed E-state index contributed by atoms with van der Waals surface area (Å²) in [6.45, 7) is 1.89. The summed E-state index contributed by atoms with van der Waals surface area (Å²) in [4.78, 5) is 13.0. The second kappa shape index (κ2) is 7.28. The van der Waals surface area contributed by atoms with Crippen LogP contribution in [-0.2, 0) is 0 Å².